The lowest BCUT2D eigenvalue weighted by molar-refractivity contribution is 0.268. The third-order valence-corrected chi connectivity index (χ3v) is 6.05. The molecule has 0 saturated heterocycles. The molecule has 1 aliphatic rings. The molecule has 0 unspecified atom stereocenters. The summed E-state index contributed by atoms with van der Waals surface area (Å²) in [6.07, 6.45) is 8.24. The standard InChI is InChI=1S/C25H33N5/c1-6-19-13-21(20-9-11-30(12-10-20)16-18(2)3)7-8-23(19)29(5)25-14-24-22(15-26-25)27-17-28(24)4/h7-9,13-15,17-18H,6,10-12,16H2,1-5H3. The second-order valence-corrected chi connectivity index (χ2v) is 8.78. The summed E-state index contributed by atoms with van der Waals surface area (Å²) in [5.74, 6) is 1.66. The van der Waals surface area contributed by atoms with E-state index < -0.39 is 0 Å². The molecule has 5 nitrogen and oxygen atoms in total. The summed E-state index contributed by atoms with van der Waals surface area (Å²) in [4.78, 5) is 13.8. The van der Waals surface area contributed by atoms with Gasteiger partial charge < -0.3 is 9.47 Å². The molecule has 0 N–H and O–H groups in total. The van der Waals surface area contributed by atoms with Crippen LogP contribution < -0.4 is 4.90 Å². The minimum absolute atomic E-state index is 0.723. The van der Waals surface area contributed by atoms with Crippen molar-refractivity contribution < 1.29 is 0 Å². The Morgan fingerprint density at radius 1 is 1.17 bits per heavy atom. The maximum atomic E-state index is 4.65. The van der Waals surface area contributed by atoms with Crippen LogP contribution in [-0.4, -0.2) is 46.1 Å². The van der Waals surface area contributed by atoms with Crippen molar-refractivity contribution >= 4 is 28.1 Å². The summed E-state index contributed by atoms with van der Waals surface area (Å²) in [6.45, 7) is 10.2. The monoisotopic (exact) mass is 403 g/mol. The number of benzene rings is 1. The number of imidazole rings is 1. The zero-order valence-corrected chi connectivity index (χ0v) is 18.9. The molecule has 4 rings (SSSR count). The molecule has 30 heavy (non-hydrogen) atoms. The minimum Gasteiger partial charge on any atom is -0.334 e. The fourth-order valence-electron chi connectivity index (χ4n) is 4.38. The predicted molar refractivity (Wildman–Crippen MR) is 126 cm³/mol. The Balaban J connectivity index is 1.59. The van der Waals surface area contributed by atoms with Crippen LogP contribution in [0, 0.1) is 5.92 Å². The maximum Gasteiger partial charge on any atom is 0.134 e. The number of hydrogen-bond donors (Lipinski definition) is 0. The molecule has 0 atom stereocenters. The van der Waals surface area contributed by atoms with Crippen molar-refractivity contribution in [2.24, 2.45) is 13.0 Å². The lowest BCUT2D eigenvalue weighted by atomic mass is 9.95. The lowest BCUT2D eigenvalue weighted by Crippen LogP contribution is -2.31. The summed E-state index contributed by atoms with van der Waals surface area (Å²) in [7, 11) is 4.12. The van der Waals surface area contributed by atoms with E-state index in [0.717, 1.165) is 48.7 Å². The highest BCUT2D eigenvalue weighted by atomic mass is 15.2. The first-order valence-electron chi connectivity index (χ1n) is 11.0. The van der Waals surface area contributed by atoms with E-state index in [2.05, 4.69) is 77.9 Å². The Labute approximate surface area is 180 Å². The van der Waals surface area contributed by atoms with Crippen LogP contribution in [0.15, 0.2) is 42.9 Å². The Morgan fingerprint density at radius 2 is 2.00 bits per heavy atom. The van der Waals surface area contributed by atoms with Crippen LogP contribution in [0.25, 0.3) is 16.6 Å². The topological polar surface area (TPSA) is 37.2 Å². The van der Waals surface area contributed by atoms with Gasteiger partial charge in [0.1, 0.15) is 11.3 Å². The van der Waals surface area contributed by atoms with Gasteiger partial charge in [0, 0.05) is 45.5 Å². The smallest absolute Gasteiger partial charge is 0.134 e. The van der Waals surface area contributed by atoms with Gasteiger partial charge in [-0.3, -0.25) is 4.90 Å². The van der Waals surface area contributed by atoms with Gasteiger partial charge in [-0.15, -0.1) is 0 Å². The molecular formula is C25H33N5. The Morgan fingerprint density at radius 3 is 2.70 bits per heavy atom. The van der Waals surface area contributed by atoms with Crippen molar-refractivity contribution in [3.8, 4) is 0 Å². The molecule has 0 amide bonds. The summed E-state index contributed by atoms with van der Waals surface area (Å²) < 4.78 is 2.04. The van der Waals surface area contributed by atoms with Crippen molar-refractivity contribution in [1.82, 2.24) is 19.4 Å². The lowest BCUT2D eigenvalue weighted by Gasteiger charge is -2.28. The third-order valence-electron chi connectivity index (χ3n) is 6.05. The zero-order valence-electron chi connectivity index (χ0n) is 18.9. The van der Waals surface area contributed by atoms with Gasteiger partial charge >= 0.3 is 0 Å². The third kappa shape index (κ3) is 4.12. The molecule has 0 aliphatic carbocycles. The number of pyridine rings is 1. The Hall–Kier alpha value is -2.66. The number of hydrogen-bond acceptors (Lipinski definition) is 4. The minimum atomic E-state index is 0.723. The Bertz CT molecular complexity index is 1060. The molecule has 0 spiro atoms. The second kappa shape index (κ2) is 8.60. The first kappa shape index (κ1) is 20.6. The van der Waals surface area contributed by atoms with E-state index >= 15 is 0 Å². The van der Waals surface area contributed by atoms with Gasteiger partial charge in [-0.2, -0.15) is 0 Å². The molecule has 5 heteroatoms. The van der Waals surface area contributed by atoms with Crippen LogP contribution in [0.1, 0.15) is 38.3 Å². The van der Waals surface area contributed by atoms with Crippen LogP contribution in [0.5, 0.6) is 0 Å². The summed E-state index contributed by atoms with van der Waals surface area (Å²) in [5.41, 5.74) is 7.44. The van der Waals surface area contributed by atoms with E-state index in [0.29, 0.717) is 0 Å². The van der Waals surface area contributed by atoms with E-state index in [1.54, 1.807) is 0 Å². The van der Waals surface area contributed by atoms with Crippen molar-refractivity contribution in [3.05, 3.63) is 54.0 Å². The zero-order chi connectivity index (χ0) is 21.3. The van der Waals surface area contributed by atoms with Gasteiger partial charge in [0.05, 0.1) is 18.0 Å². The van der Waals surface area contributed by atoms with Gasteiger partial charge in [0.2, 0.25) is 0 Å². The molecule has 158 valence electrons. The van der Waals surface area contributed by atoms with Crippen molar-refractivity contribution in [1.29, 1.82) is 0 Å². The van der Waals surface area contributed by atoms with Gasteiger partial charge in [0.25, 0.3) is 0 Å². The van der Waals surface area contributed by atoms with Gasteiger partial charge in [0.15, 0.2) is 0 Å². The first-order valence-corrected chi connectivity index (χ1v) is 11.0. The Kier molecular flexibility index (Phi) is 5.91. The van der Waals surface area contributed by atoms with Crippen LogP contribution in [0.3, 0.4) is 0 Å². The number of nitrogens with zero attached hydrogens (tertiary/aromatic N) is 5. The van der Waals surface area contributed by atoms with E-state index in [-0.39, 0.29) is 0 Å². The molecule has 0 radical (unpaired) electrons. The molecular weight excluding hydrogens is 370 g/mol. The van der Waals surface area contributed by atoms with Gasteiger partial charge in [-0.1, -0.05) is 32.9 Å². The number of rotatable bonds is 6. The number of anilines is 2. The fraction of sp³-hybridized carbons (Fsp3) is 0.440. The number of aromatic nitrogens is 3. The van der Waals surface area contributed by atoms with Crippen molar-refractivity contribution in [2.45, 2.75) is 33.6 Å². The molecule has 0 saturated carbocycles. The molecule has 3 heterocycles. The van der Waals surface area contributed by atoms with Gasteiger partial charge in [-0.25, -0.2) is 9.97 Å². The fourth-order valence-corrected chi connectivity index (χ4v) is 4.38. The van der Waals surface area contributed by atoms with Crippen LogP contribution in [0.4, 0.5) is 11.5 Å². The molecule has 3 aromatic rings. The average Bonchev–Trinajstić information content (AvgIpc) is 3.13. The highest BCUT2D eigenvalue weighted by molar-refractivity contribution is 5.79. The molecule has 0 fully saturated rings. The number of fused-ring (bicyclic) bond motifs is 1. The SMILES string of the molecule is CCc1cc(C2=CCN(CC(C)C)CC2)ccc1N(C)c1cc2c(cn1)ncn2C. The highest BCUT2D eigenvalue weighted by Crippen LogP contribution is 2.32. The van der Waals surface area contributed by atoms with E-state index in [9.17, 15) is 0 Å². The summed E-state index contributed by atoms with van der Waals surface area (Å²) in [5, 5.41) is 0. The predicted octanol–water partition coefficient (Wildman–Crippen LogP) is 5.04. The van der Waals surface area contributed by atoms with Gasteiger partial charge in [-0.05, 0) is 47.6 Å². The van der Waals surface area contributed by atoms with E-state index in [4.69, 9.17) is 0 Å². The average molecular weight is 404 g/mol. The van der Waals surface area contributed by atoms with Crippen LogP contribution >= 0.6 is 0 Å². The van der Waals surface area contributed by atoms with Crippen LogP contribution in [-0.2, 0) is 13.5 Å². The molecule has 2 aromatic heterocycles. The summed E-state index contributed by atoms with van der Waals surface area (Å²) in [6, 6.07) is 9.02. The summed E-state index contributed by atoms with van der Waals surface area (Å²) >= 11 is 0. The van der Waals surface area contributed by atoms with E-state index in [1.165, 1.54) is 28.9 Å². The van der Waals surface area contributed by atoms with Crippen molar-refractivity contribution in [2.75, 3.05) is 31.6 Å². The largest absolute Gasteiger partial charge is 0.334 e. The van der Waals surface area contributed by atoms with Crippen molar-refractivity contribution in [3.63, 3.8) is 0 Å². The highest BCUT2D eigenvalue weighted by Gasteiger charge is 2.16. The normalized spacial score (nSPS) is 15.1. The number of aryl methyl sites for hydroxylation is 2. The van der Waals surface area contributed by atoms with Crippen LogP contribution in [0.2, 0.25) is 0 Å². The first-order chi connectivity index (χ1) is 14.5. The van der Waals surface area contributed by atoms with E-state index in [1.807, 2.05) is 24.1 Å². The molecule has 1 aliphatic heterocycles. The maximum absolute atomic E-state index is 4.65. The quantitative estimate of drug-likeness (QED) is 0.578. The second-order valence-electron chi connectivity index (χ2n) is 8.78. The molecule has 1 aromatic carbocycles. The molecule has 0 bridgehead atoms.